The predicted octanol–water partition coefficient (Wildman–Crippen LogP) is 4.11. The molecule has 0 spiro atoms. The molecule has 2 rings (SSSR count). The van der Waals surface area contributed by atoms with Gasteiger partial charge < -0.3 is 5.32 Å². The Kier molecular flexibility index (Phi) is 5.23. The third-order valence-electron chi connectivity index (χ3n) is 2.61. The maximum absolute atomic E-state index is 4.49. The second-order valence-corrected chi connectivity index (χ2v) is 6.23. The van der Waals surface area contributed by atoms with Crippen molar-refractivity contribution in [2.45, 2.75) is 30.5 Å². The van der Waals surface area contributed by atoms with Crippen LogP contribution >= 0.6 is 23.1 Å². The highest BCUT2D eigenvalue weighted by atomic mass is 32.2. The Balaban J connectivity index is 1.91. The van der Waals surface area contributed by atoms with Crippen LogP contribution in [0.25, 0.3) is 0 Å². The molecule has 1 unspecified atom stereocenters. The number of nitrogens with one attached hydrogen (secondary N) is 1. The van der Waals surface area contributed by atoms with Crippen LogP contribution in [0.3, 0.4) is 0 Å². The van der Waals surface area contributed by atoms with Gasteiger partial charge in [0.05, 0.1) is 5.75 Å². The first-order chi connectivity index (χ1) is 8.79. The summed E-state index contributed by atoms with van der Waals surface area (Å²) in [6.07, 6.45) is 2.00. The number of thiazole rings is 1. The first-order valence-corrected chi connectivity index (χ1v) is 7.95. The van der Waals surface area contributed by atoms with Crippen molar-refractivity contribution in [2.24, 2.45) is 0 Å². The zero-order valence-corrected chi connectivity index (χ0v) is 12.4. The van der Waals surface area contributed by atoms with Crippen LogP contribution in [-0.4, -0.2) is 11.5 Å². The summed E-state index contributed by atoms with van der Waals surface area (Å²) >= 11 is 3.65. The maximum atomic E-state index is 4.49. The van der Waals surface area contributed by atoms with Crippen LogP contribution in [-0.2, 0) is 5.75 Å². The van der Waals surface area contributed by atoms with E-state index in [-0.39, 0.29) is 0 Å². The van der Waals surface area contributed by atoms with E-state index in [1.54, 1.807) is 11.3 Å². The zero-order valence-electron chi connectivity index (χ0n) is 10.7. The van der Waals surface area contributed by atoms with Crippen molar-refractivity contribution in [1.29, 1.82) is 0 Å². The summed E-state index contributed by atoms with van der Waals surface area (Å²) in [7, 11) is 0. The van der Waals surface area contributed by atoms with E-state index in [9.17, 15) is 0 Å². The largest absolute Gasteiger partial charge is 0.310 e. The molecule has 18 heavy (non-hydrogen) atoms. The highest BCUT2D eigenvalue weighted by molar-refractivity contribution is 7.98. The van der Waals surface area contributed by atoms with Gasteiger partial charge in [0.15, 0.2) is 0 Å². The third-order valence-corrected chi connectivity index (χ3v) is 5.00. The lowest BCUT2D eigenvalue weighted by Gasteiger charge is -2.08. The number of thioether (sulfide) groups is 1. The molecule has 0 aliphatic rings. The standard InChI is InChI=1S/C14H18N2S2/c1-3-15-11(2)13-9-16-14(18-13)10-17-12-7-5-4-6-8-12/h4-9,11,15H,3,10H2,1-2H3. The summed E-state index contributed by atoms with van der Waals surface area (Å²) in [5.41, 5.74) is 0. The van der Waals surface area contributed by atoms with Gasteiger partial charge >= 0.3 is 0 Å². The number of aromatic nitrogens is 1. The van der Waals surface area contributed by atoms with E-state index in [1.807, 2.05) is 24.0 Å². The first-order valence-electron chi connectivity index (χ1n) is 6.15. The lowest BCUT2D eigenvalue weighted by atomic mass is 10.3. The van der Waals surface area contributed by atoms with Crippen LogP contribution in [0.4, 0.5) is 0 Å². The lowest BCUT2D eigenvalue weighted by molar-refractivity contribution is 0.606. The fraction of sp³-hybridized carbons (Fsp3) is 0.357. The number of hydrogen-bond acceptors (Lipinski definition) is 4. The van der Waals surface area contributed by atoms with Crippen molar-refractivity contribution in [3.8, 4) is 0 Å². The van der Waals surface area contributed by atoms with E-state index < -0.39 is 0 Å². The summed E-state index contributed by atoms with van der Waals surface area (Å²) in [5, 5.41) is 4.61. The molecule has 0 radical (unpaired) electrons. The van der Waals surface area contributed by atoms with Gasteiger partial charge in [0.1, 0.15) is 5.01 Å². The monoisotopic (exact) mass is 278 g/mol. The molecular weight excluding hydrogens is 260 g/mol. The third kappa shape index (κ3) is 3.83. The molecule has 2 nitrogen and oxygen atoms in total. The van der Waals surface area contributed by atoms with E-state index in [0.717, 1.165) is 12.3 Å². The van der Waals surface area contributed by atoms with E-state index in [0.29, 0.717) is 6.04 Å². The minimum Gasteiger partial charge on any atom is -0.310 e. The molecule has 0 bridgehead atoms. The average Bonchev–Trinajstić information content (AvgIpc) is 2.87. The summed E-state index contributed by atoms with van der Waals surface area (Å²) in [5.74, 6) is 0.952. The number of hydrogen-bond donors (Lipinski definition) is 1. The van der Waals surface area contributed by atoms with Gasteiger partial charge in [-0.2, -0.15) is 0 Å². The van der Waals surface area contributed by atoms with Gasteiger partial charge in [-0.3, -0.25) is 0 Å². The molecule has 1 heterocycles. The normalized spacial score (nSPS) is 12.6. The number of rotatable bonds is 6. The Morgan fingerprint density at radius 1 is 1.33 bits per heavy atom. The van der Waals surface area contributed by atoms with E-state index in [1.165, 1.54) is 14.8 Å². The summed E-state index contributed by atoms with van der Waals surface area (Å²) in [6.45, 7) is 5.31. The number of benzene rings is 1. The Labute approximate surface area is 117 Å². The molecule has 4 heteroatoms. The van der Waals surface area contributed by atoms with Gasteiger partial charge in [0, 0.05) is 22.0 Å². The molecule has 0 saturated heterocycles. The van der Waals surface area contributed by atoms with Crippen molar-refractivity contribution >= 4 is 23.1 Å². The van der Waals surface area contributed by atoms with Crippen molar-refractivity contribution < 1.29 is 0 Å². The second-order valence-electron chi connectivity index (χ2n) is 4.04. The van der Waals surface area contributed by atoms with Crippen LogP contribution in [0.2, 0.25) is 0 Å². The summed E-state index contributed by atoms with van der Waals surface area (Å²) < 4.78 is 0. The fourth-order valence-electron chi connectivity index (χ4n) is 1.66. The quantitative estimate of drug-likeness (QED) is 0.805. The molecule has 1 aromatic heterocycles. The van der Waals surface area contributed by atoms with Gasteiger partial charge in [-0.15, -0.1) is 23.1 Å². The fourth-order valence-corrected chi connectivity index (χ4v) is 3.53. The Morgan fingerprint density at radius 2 is 2.11 bits per heavy atom. The van der Waals surface area contributed by atoms with Crippen LogP contribution in [0.1, 0.15) is 29.8 Å². The summed E-state index contributed by atoms with van der Waals surface area (Å²) in [6, 6.07) is 10.9. The molecule has 1 atom stereocenters. The molecule has 2 aromatic rings. The van der Waals surface area contributed by atoms with Crippen molar-refractivity contribution in [1.82, 2.24) is 10.3 Å². The molecule has 1 aromatic carbocycles. The van der Waals surface area contributed by atoms with Gasteiger partial charge in [0.2, 0.25) is 0 Å². The molecule has 96 valence electrons. The van der Waals surface area contributed by atoms with Gasteiger partial charge in [0.25, 0.3) is 0 Å². The minimum absolute atomic E-state index is 0.406. The van der Waals surface area contributed by atoms with Crippen molar-refractivity contribution in [3.05, 3.63) is 46.4 Å². The minimum atomic E-state index is 0.406. The van der Waals surface area contributed by atoms with Crippen molar-refractivity contribution in [2.75, 3.05) is 6.54 Å². The van der Waals surface area contributed by atoms with Crippen LogP contribution < -0.4 is 5.32 Å². The average molecular weight is 278 g/mol. The molecular formula is C14H18N2S2. The number of nitrogens with zero attached hydrogens (tertiary/aromatic N) is 1. The molecule has 0 aliphatic heterocycles. The molecule has 1 N–H and O–H groups in total. The molecule has 0 amide bonds. The lowest BCUT2D eigenvalue weighted by Crippen LogP contribution is -2.16. The Hall–Kier alpha value is -0.840. The highest BCUT2D eigenvalue weighted by Gasteiger charge is 2.08. The SMILES string of the molecule is CCNC(C)c1cnc(CSc2ccccc2)s1. The van der Waals surface area contributed by atoms with Crippen LogP contribution in [0.15, 0.2) is 41.4 Å². The second kappa shape index (κ2) is 6.92. The maximum Gasteiger partial charge on any atom is 0.103 e. The topological polar surface area (TPSA) is 24.9 Å². The molecule has 0 aliphatic carbocycles. The first kappa shape index (κ1) is 13.6. The van der Waals surface area contributed by atoms with Crippen LogP contribution in [0.5, 0.6) is 0 Å². The predicted molar refractivity (Wildman–Crippen MR) is 80.2 cm³/mol. The van der Waals surface area contributed by atoms with E-state index >= 15 is 0 Å². The van der Waals surface area contributed by atoms with Gasteiger partial charge in [-0.25, -0.2) is 4.98 Å². The summed E-state index contributed by atoms with van der Waals surface area (Å²) in [4.78, 5) is 7.11. The Morgan fingerprint density at radius 3 is 2.83 bits per heavy atom. The van der Waals surface area contributed by atoms with E-state index in [4.69, 9.17) is 0 Å². The smallest absolute Gasteiger partial charge is 0.103 e. The van der Waals surface area contributed by atoms with Crippen LogP contribution in [0, 0.1) is 0 Å². The Bertz CT molecular complexity index is 468. The van der Waals surface area contributed by atoms with Gasteiger partial charge in [-0.05, 0) is 25.6 Å². The highest BCUT2D eigenvalue weighted by Crippen LogP contribution is 2.27. The van der Waals surface area contributed by atoms with Crippen molar-refractivity contribution in [3.63, 3.8) is 0 Å². The molecule has 0 saturated carbocycles. The zero-order chi connectivity index (χ0) is 12.8. The molecule has 0 fully saturated rings. The van der Waals surface area contributed by atoms with E-state index in [2.05, 4.69) is 48.4 Å². The van der Waals surface area contributed by atoms with Gasteiger partial charge in [-0.1, -0.05) is 25.1 Å².